The molecule has 1 aliphatic rings. The minimum Gasteiger partial charge on any atom is -0.497 e. The zero-order valence-corrected chi connectivity index (χ0v) is 18.9. The van der Waals surface area contributed by atoms with Gasteiger partial charge in [0.25, 0.3) is 11.8 Å². The Hall–Kier alpha value is -4.33. The van der Waals surface area contributed by atoms with E-state index in [0.717, 1.165) is 4.90 Å². The molecule has 174 valence electrons. The molecule has 0 atom stereocenters. The van der Waals surface area contributed by atoms with Gasteiger partial charge in [0.05, 0.1) is 32.1 Å². The molecular weight excluding hydrogens is 439 g/mol. The molecule has 0 bridgehead atoms. The van der Waals surface area contributed by atoms with Crippen LogP contribution in [0.1, 0.15) is 12.5 Å². The van der Waals surface area contributed by atoms with Gasteiger partial charge in [-0.05, 0) is 48.9 Å². The van der Waals surface area contributed by atoms with Crippen molar-refractivity contribution in [3.8, 4) is 17.2 Å². The summed E-state index contributed by atoms with van der Waals surface area (Å²) in [6.45, 7) is 2.35. The number of nitrogens with one attached hydrogen (secondary N) is 1. The minimum absolute atomic E-state index is 0.0585. The van der Waals surface area contributed by atoms with E-state index in [2.05, 4.69) is 5.32 Å². The van der Waals surface area contributed by atoms with E-state index in [0.29, 0.717) is 35.1 Å². The summed E-state index contributed by atoms with van der Waals surface area (Å²) in [5, 5.41) is 3.07. The van der Waals surface area contributed by atoms with E-state index < -0.39 is 17.6 Å². The van der Waals surface area contributed by atoms with E-state index in [9.17, 15) is 14.0 Å². The molecular formula is C26H23FN2O5. The van der Waals surface area contributed by atoms with E-state index in [1.807, 2.05) is 6.92 Å². The van der Waals surface area contributed by atoms with Crippen LogP contribution in [0.5, 0.6) is 17.2 Å². The molecule has 0 unspecified atom stereocenters. The van der Waals surface area contributed by atoms with Gasteiger partial charge in [0, 0.05) is 17.8 Å². The number of anilines is 2. The lowest BCUT2D eigenvalue weighted by atomic mass is 10.0. The number of carbonyl (C=O) groups excluding carboxylic acids is 2. The highest BCUT2D eigenvalue weighted by molar-refractivity contribution is 6.46. The maximum atomic E-state index is 13.6. The fourth-order valence-electron chi connectivity index (χ4n) is 3.69. The van der Waals surface area contributed by atoms with Crippen molar-refractivity contribution in [3.63, 3.8) is 0 Å². The van der Waals surface area contributed by atoms with Crippen molar-refractivity contribution in [1.29, 1.82) is 0 Å². The third-order valence-corrected chi connectivity index (χ3v) is 5.26. The normalized spacial score (nSPS) is 13.4. The number of benzene rings is 3. The quantitative estimate of drug-likeness (QED) is 0.492. The van der Waals surface area contributed by atoms with Crippen LogP contribution < -0.4 is 24.4 Å². The SMILES string of the molecule is CCOc1cccc(NC2=C(c3ccc(F)cc3)C(=O)N(c3ccc(OC)cc3OC)C2=O)c1. The van der Waals surface area contributed by atoms with Crippen molar-refractivity contribution in [2.75, 3.05) is 31.0 Å². The Labute approximate surface area is 196 Å². The predicted molar refractivity (Wildman–Crippen MR) is 127 cm³/mol. The largest absolute Gasteiger partial charge is 0.497 e. The number of carbonyl (C=O) groups is 2. The van der Waals surface area contributed by atoms with Crippen LogP contribution in [0.3, 0.4) is 0 Å². The van der Waals surface area contributed by atoms with E-state index in [1.165, 1.54) is 38.5 Å². The number of imide groups is 1. The molecule has 3 aromatic carbocycles. The van der Waals surface area contributed by atoms with Crippen molar-refractivity contribution in [1.82, 2.24) is 0 Å². The number of hydrogen-bond acceptors (Lipinski definition) is 6. The van der Waals surface area contributed by atoms with Gasteiger partial charge < -0.3 is 19.5 Å². The molecule has 4 rings (SSSR count). The van der Waals surface area contributed by atoms with Gasteiger partial charge in [-0.1, -0.05) is 18.2 Å². The van der Waals surface area contributed by atoms with Gasteiger partial charge in [-0.15, -0.1) is 0 Å². The van der Waals surface area contributed by atoms with E-state index in [-0.39, 0.29) is 17.0 Å². The van der Waals surface area contributed by atoms with Crippen LogP contribution in [-0.4, -0.2) is 32.6 Å². The monoisotopic (exact) mass is 462 g/mol. The number of nitrogens with zero attached hydrogens (tertiary/aromatic N) is 1. The lowest BCUT2D eigenvalue weighted by Crippen LogP contribution is -2.32. The lowest BCUT2D eigenvalue weighted by Gasteiger charge is -2.19. The third kappa shape index (κ3) is 4.30. The first kappa shape index (κ1) is 22.8. The second-order valence-electron chi connectivity index (χ2n) is 7.33. The Morgan fingerprint density at radius 1 is 0.882 bits per heavy atom. The molecule has 1 N–H and O–H groups in total. The number of halogens is 1. The van der Waals surface area contributed by atoms with Gasteiger partial charge in [-0.3, -0.25) is 9.59 Å². The van der Waals surface area contributed by atoms with Gasteiger partial charge in [0.1, 0.15) is 28.8 Å². The summed E-state index contributed by atoms with van der Waals surface area (Å²) < 4.78 is 29.8. The zero-order valence-electron chi connectivity index (χ0n) is 18.9. The van der Waals surface area contributed by atoms with Gasteiger partial charge >= 0.3 is 0 Å². The van der Waals surface area contributed by atoms with Crippen molar-refractivity contribution in [2.24, 2.45) is 0 Å². The standard InChI is InChI=1S/C26H23FN2O5/c1-4-34-20-7-5-6-18(14-20)28-24-23(16-8-10-17(27)11-9-16)25(30)29(26(24)31)21-13-12-19(32-2)15-22(21)33-3/h5-15,28H,4H2,1-3H3. The molecule has 8 heteroatoms. The van der Waals surface area contributed by atoms with E-state index in [4.69, 9.17) is 14.2 Å². The molecule has 1 aliphatic heterocycles. The molecule has 0 radical (unpaired) electrons. The maximum absolute atomic E-state index is 13.6. The smallest absolute Gasteiger partial charge is 0.282 e. The first-order valence-corrected chi connectivity index (χ1v) is 10.6. The predicted octanol–water partition coefficient (Wildman–Crippen LogP) is 4.64. The fourth-order valence-corrected chi connectivity index (χ4v) is 3.69. The lowest BCUT2D eigenvalue weighted by molar-refractivity contribution is -0.120. The first-order valence-electron chi connectivity index (χ1n) is 10.6. The van der Waals surface area contributed by atoms with Gasteiger partial charge in [0.2, 0.25) is 0 Å². The Morgan fingerprint density at radius 3 is 2.32 bits per heavy atom. The molecule has 34 heavy (non-hydrogen) atoms. The van der Waals surface area contributed by atoms with Crippen LogP contribution in [0.15, 0.2) is 72.4 Å². The maximum Gasteiger partial charge on any atom is 0.282 e. The summed E-state index contributed by atoms with van der Waals surface area (Å²) in [5.74, 6) is -0.176. The molecule has 0 saturated carbocycles. The first-order chi connectivity index (χ1) is 16.5. The Bertz CT molecular complexity index is 1270. The molecule has 0 aliphatic carbocycles. The van der Waals surface area contributed by atoms with E-state index >= 15 is 0 Å². The van der Waals surface area contributed by atoms with Crippen LogP contribution in [-0.2, 0) is 9.59 Å². The Kier molecular flexibility index (Phi) is 6.49. The van der Waals surface area contributed by atoms with Crippen molar-refractivity contribution < 1.29 is 28.2 Å². The van der Waals surface area contributed by atoms with Crippen LogP contribution in [0.25, 0.3) is 5.57 Å². The highest BCUT2D eigenvalue weighted by Crippen LogP contribution is 2.39. The molecule has 0 fully saturated rings. The summed E-state index contributed by atoms with van der Waals surface area (Å²) in [5.41, 5.74) is 1.40. The molecule has 0 saturated heterocycles. The highest BCUT2D eigenvalue weighted by Gasteiger charge is 2.41. The average molecular weight is 462 g/mol. The fraction of sp³-hybridized carbons (Fsp3) is 0.154. The van der Waals surface area contributed by atoms with Crippen molar-refractivity contribution in [2.45, 2.75) is 6.92 Å². The number of methoxy groups -OCH3 is 2. The van der Waals surface area contributed by atoms with Gasteiger partial charge in [0.15, 0.2) is 0 Å². The van der Waals surface area contributed by atoms with Crippen LogP contribution in [0.2, 0.25) is 0 Å². The summed E-state index contributed by atoms with van der Waals surface area (Å²) in [7, 11) is 2.95. The van der Waals surface area contributed by atoms with Crippen molar-refractivity contribution in [3.05, 3.63) is 83.8 Å². The molecule has 3 aromatic rings. The number of ether oxygens (including phenoxy) is 3. The summed E-state index contributed by atoms with van der Waals surface area (Å²) in [6.07, 6.45) is 0. The molecule has 7 nitrogen and oxygen atoms in total. The number of rotatable bonds is 8. The van der Waals surface area contributed by atoms with Crippen LogP contribution in [0.4, 0.5) is 15.8 Å². The van der Waals surface area contributed by atoms with E-state index in [1.54, 1.807) is 42.5 Å². The number of hydrogen-bond donors (Lipinski definition) is 1. The van der Waals surface area contributed by atoms with Crippen LogP contribution >= 0.6 is 0 Å². The topological polar surface area (TPSA) is 77.1 Å². The summed E-state index contributed by atoms with van der Waals surface area (Å²) >= 11 is 0. The Morgan fingerprint density at radius 2 is 1.65 bits per heavy atom. The average Bonchev–Trinajstić information content (AvgIpc) is 3.08. The molecule has 2 amide bonds. The minimum atomic E-state index is -0.574. The van der Waals surface area contributed by atoms with Gasteiger partial charge in [-0.25, -0.2) is 9.29 Å². The third-order valence-electron chi connectivity index (χ3n) is 5.26. The van der Waals surface area contributed by atoms with Crippen molar-refractivity contribution >= 4 is 28.8 Å². The van der Waals surface area contributed by atoms with Crippen LogP contribution in [0, 0.1) is 5.82 Å². The molecule has 0 aromatic heterocycles. The highest BCUT2D eigenvalue weighted by atomic mass is 19.1. The van der Waals surface area contributed by atoms with Gasteiger partial charge in [-0.2, -0.15) is 0 Å². The molecule has 1 heterocycles. The summed E-state index contributed by atoms with van der Waals surface area (Å²) in [4.78, 5) is 28.2. The Balaban J connectivity index is 1.81. The number of amides is 2. The second kappa shape index (κ2) is 9.66. The zero-order chi connectivity index (χ0) is 24.2. The molecule has 0 spiro atoms. The second-order valence-corrected chi connectivity index (χ2v) is 7.33. The summed E-state index contributed by atoms with van der Waals surface area (Å²) in [6, 6.07) is 17.3.